The van der Waals surface area contributed by atoms with E-state index >= 15 is 0 Å². The SMILES string of the molecule is CCCNC(C1=CCCCC1)c1cc(C)cc(Cl)c1. The lowest BCUT2D eigenvalue weighted by atomic mass is 9.89. The van der Waals surface area contributed by atoms with E-state index in [0.717, 1.165) is 18.0 Å². The molecule has 19 heavy (non-hydrogen) atoms. The highest BCUT2D eigenvalue weighted by atomic mass is 35.5. The van der Waals surface area contributed by atoms with Crippen molar-refractivity contribution in [2.45, 2.75) is 52.0 Å². The molecule has 0 radical (unpaired) electrons. The summed E-state index contributed by atoms with van der Waals surface area (Å²) in [5, 5.41) is 4.53. The van der Waals surface area contributed by atoms with Crippen LogP contribution in [0.5, 0.6) is 0 Å². The molecule has 1 unspecified atom stereocenters. The summed E-state index contributed by atoms with van der Waals surface area (Å²) >= 11 is 6.22. The summed E-state index contributed by atoms with van der Waals surface area (Å²) in [6.45, 7) is 5.37. The largest absolute Gasteiger partial charge is 0.307 e. The molecular weight excluding hydrogens is 254 g/mol. The Labute approximate surface area is 122 Å². The van der Waals surface area contributed by atoms with Crippen LogP contribution in [0.4, 0.5) is 0 Å². The molecule has 1 aliphatic carbocycles. The van der Waals surface area contributed by atoms with E-state index in [0.29, 0.717) is 6.04 Å². The van der Waals surface area contributed by atoms with Crippen molar-refractivity contribution in [3.63, 3.8) is 0 Å². The van der Waals surface area contributed by atoms with Crippen molar-refractivity contribution in [3.8, 4) is 0 Å². The Hall–Kier alpha value is -0.790. The molecule has 1 nitrogen and oxygen atoms in total. The van der Waals surface area contributed by atoms with Gasteiger partial charge < -0.3 is 5.32 Å². The summed E-state index contributed by atoms with van der Waals surface area (Å²) in [7, 11) is 0. The maximum atomic E-state index is 6.22. The van der Waals surface area contributed by atoms with E-state index in [1.54, 1.807) is 5.57 Å². The van der Waals surface area contributed by atoms with Crippen molar-refractivity contribution in [3.05, 3.63) is 46.0 Å². The molecule has 2 heteroatoms. The van der Waals surface area contributed by atoms with Crippen LogP contribution >= 0.6 is 11.6 Å². The van der Waals surface area contributed by atoms with E-state index in [-0.39, 0.29) is 0 Å². The van der Waals surface area contributed by atoms with Crippen LogP contribution in [0.2, 0.25) is 5.02 Å². The van der Waals surface area contributed by atoms with Gasteiger partial charge in [-0.3, -0.25) is 0 Å². The summed E-state index contributed by atoms with van der Waals surface area (Å²) in [5.74, 6) is 0. The molecule has 1 aliphatic rings. The van der Waals surface area contributed by atoms with E-state index in [4.69, 9.17) is 11.6 Å². The van der Waals surface area contributed by atoms with Gasteiger partial charge in [-0.1, -0.05) is 36.2 Å². The molecule has 1 aromatic carbocycles. The molecule has 0 aliphatic heterocycles. The van der Waals surface area contributed by atoms with Crippen LogP contribution in [-0.4, -0.2) is 6.54 Å². The van der Waals surface area contributed by atoms with Gasteiger partial charge in [0.25, 0.3) is 0 Å². The fourth-order valence-corrected chi connectivity index (χ4v) is 3.11. The standard InChI is InChI=1S/C17H24ClN/c1-3-9-19-17(14-7-5-4-6-8-14)15-10-13(2)11-16(18)12-15/h7,10-12,17,19H,3-6,8-9H2,1-2H3. The van der Waals surface area contributed by atoms with Crippen LogP contribution in [0, 0.1) is 6.92 Å². The molecule has 1 atom stereocenters. The molecule has 0 fully saturated rings. The maximum Gasteiger partial charge on any atom is 0.0536 e. The van der Waals surface area contributed by atoms with Crippen LogP contribution in [0.25, 0.3) is 0 Å². The summed E-state index contributed by atoms with van der Waals surface area (Å²) in [6, 6.07) is 6.74. The third-order valence-electron chi connectivity index (χ3n) is 3.69. The van der Waals surface area contributed by atoms with Crippen molar-refractivity contribution in [2.75, 3.05) is 6.54 Å². The second-order valence-corrected chi connectivity index (χ2v) is 5.91. The topological polar surface area (TPSA) is 12.0 Å². The van der Waals surface area contributed by atoms with Crippen molar-refractivity contribution in [2.24, 2.45) is 0 Å². The number of hydrogen-bond donors (Lipinski definition) is 1. The Kier molecular flexibility index (Phi) is 5.47. The van der Waals surface area contributed by atoms with E-state index in [2.05, 4.69) is 37.4 Å². The fraction of sp³-hybridized carbons (Fsp3) is 0.529. The normalized spacial score (nSPS) is 17.1. The zero-order valence-electron chi connectivity index (χ0n) is 12.0. The number of halogens is 1. The molecule has 0 saturated carbocycles. The van der Waals surface area contributed by atoms with Gasteiger partial charge in [0.05, 0.1) is 6.04 Å². The van der Waals surface area contributed by atoms with Gasteiger partial charge in [0, 0.05) is 5.02 Å². The third-order valence-corrected chi connectivity index (χ3v) is 3.91. The average Bonchev–Trinajstić information content (AvgIpc) is 2.39. The molecular formula is C17H24ClN. The first-order valence-corrected chi connectivity index (χ1v) is 7.78. The predicted molar refractivity (Wildman–Crippen MR) is 83.8 cm³/mol. The molecule has 104 valence electrons. The number of aryl methyl sites for hydroxylation is 1. The highest BCUT2D eigenvalue weighted by Gasteiger charge is 2.18. The molecule has 0 bridgehead atoms. The van der Waals surface area contributed by atoms with Crippen molar-refractivity contribution in [1.29, 1.82) is 0 Å². The molecule has 2 rings (SSSR count). The number of rotatable bonds is 5. The Bertz CT molecular complexity index is 430. The lowest BCUT2D eigenvalue weighted by Gasteiger charge is -2.25. The minimum Gasteiger partial charge on any atom is -0.307 e. The van der Waals surface area contributed by atoms with Gasteiger partial charge in [0.15, 0.2) is 0 Å². The van der Waals surface area contributed by atoms with Gasteiger partial charge in [-0.15, -0.1) is 0 Å². The lowest BCUT2D eigenvalue weighted by molar-refractivity contribution is 0.546. The van der Waals surface area contributed by atoms with E-state index in [1.807, 2.05) is 6.07 Å². The van der Waals surface area contributed by atoms with Crippen LogP contribution in [0.3, 0.4) is 0 Å². The second-order valence-electron chi connectivity index (χ2n) is 5.47. The molecule has 0 saturated heterocycles. The molecule has 1 N–H and O–H groups in total. The summed E-state index contributed by atoms with van der Waals surface area (Å²) in [5.41, 5.74) is 4.09. The van der Waals surface area contributed by atoms with E-state index in [9.17, 15) is 0 Å². The zero-order valence-corrected chi connectivity index (χ0v) is 12.8. The average molecular weight is 278 g/mol. The Balaban J connectivity index is 2.27. The van der Waals surface area contributed by atoms with Gasteiger partial charge in [0.2, 0.25) is 0 Å². The van der Waals surface area contributed by atoms with Gasteiger partial charge in [-0.05, 0) is 68.8 Å². The minimum atomic E-state index is 0.345. The highest BCUT2D eigenvalue weighted by molar-refractivity contribution is 6.30. The number of allylic oxidation sites excluding steroid dienone is 1. The second kappa shape index (κ2) is 7.12. The number of benzene rings is 1. The zero-order chi connectivity index (χ0) is 13.7. The van der Waals surface area contributed by atoms with Gasteiger partial charge >= 0.3 is 0 Å². The molecule has 0 aromatic heterocycles. The monoisotopic (exact) mass is 277 g/mol. The third kappa shape index (κ3) is 4.09. The smallest absolute Gasteiger partial charge is 0.0536 e. The molecule has 0 spiro atoms. The number of nitrogens with one attached hydrogen (secondary N) is 1. The molecule has 0 amide bonds. The van der Waals surface area contributed by atoms with Crippen molar-refractivity contribution >= 4 is 11.6 Å². The van der Waals surface area contributed by atoms with Gasteiger partial charge in [-0.25, -0.2) is 0 Å². The molecule has 0 heterocycles. The van der Waals surface area contributed by atoms with E-state index < -0.39 is 0 Å². The van der Waals surface area contributed by atoms with Crippen LogP contribution in [-0.2, 0) is 0 Å². The lowest BCUT2D eigenvalue weighted by Crippen LogP contribution is -2.24. The maximum absolute atomic E-state index is 6.22. The first-order chi connectivity index (χ1) is 9.20. The minimum absolute atomic E-state index is 0.345. The van der Waals surface area contributed by atoms with Gasteiger partial charge in [-0.2, -0.15) is 0 Å². The first kappa shape index (κ1) is 14.6. The summed E-state index contributed by atoms with van der Waals surface area (Å²) in [4.78, 5) is 0. The quantitative estimate of drug-likeness (QED) is 0.731. The predicted octanol–water partition coefficient (Wildman–Crippen LogP) is 5.19. The van der Waals surface area contributed by atoms with E-state index in [1.165, 1.54) is 36.8 Å². The summed E-state index contributed by atoms with van der Waals surface area (Å²) in [6.07, 6.45) is 8.66. The van der Waals surface area contributed by atoms with Crippen LogP contribution in [0.1, 0.15) is 56.2 Å². The number of hydrogen-bond acceptors (Lipinski definition) is 1. The van der Waals surface area contributed by atoms with Crippen molar-refractivity contribution in [1.82, 2.24) is 5.32 Å². The Morgan fingerprint density at radius 1 is 1.26 bits per heavy atom. The van der Waals surface area contributed by atoms with Gasteiger partial charge in [0.1, 0.15) is 0 Å². The van der Waals surface area contributed by atoms with Crippen LogP contribution in [0.15, 0.2) is 29.8 Å². The highest BCUT2D eigenvalue weighted by Crippen LogP contribution is 2.31. The van der Waals surface area contributed by atoms with Crippen molar-refractivity contribution < 1.29 is 0 Å². The first-order valence-electron chi connectivity index (χ1n) is 7.40. The van der Waals surface area contributed by atoms with Crippen LogP contribution < -0.4 is 5.32 Å². The molecule has 1 aromatic rings. The fourth-order valence-electron chi connectivity index (χ4n) is 2.81. The summed E-state index contributed by atoms with van der Waals surface area (Å²) < 4.78 is 0. The Morgan fingerprint density at radius 2 is 2.11 bits per heavy atom. The Morgan fingerprint density at radius 3 is 2.74 bits per heavy atom.